The van der Waals surface area contributed by atoms with Crippen LogP contribution in [0.4, 0.5) is 0 Å². The summed E-state index contributed by atoms with van der Waals surface area (Å²) in [5.41, 5.74) is 0. The van der Waals surface area contributed by atoms with Crippen LogP contribution in [0.15, 0.2) is 12.2 Å². The van der Waals surface area contributed by atoms with Gasteiger partial charge in [-0.3, -0.25) is 4.79 Å². The van der Waals surface area contributed by atoms with Gasteiger partial charge in [-0.2, -0.15) is 0 Å². The fourth-order valence-corrected chi connectivity index (χ4v) is 10.5. The van der Waals surface area contributed by atoms with Crippen molar-refractivity contribution in [3.63, 3.8) is 0 Å². The molecule has 69 heavy (non-hydrogen) atoms. The van der Waals surface area contributed by atoms with Crippen molar-refractivity contribution >= 4 is 5.91 Å². The standard InChI is InChI=1S/C64H127NO4/c1-3-5-7-9-11-13-15-17-19-21-22-23-24-25-26-27-28-29-30-31-32-33-34-35-36-37-38-39-40-42-43-45-47-49-51-53-55-57-61(67)59-64(69)65-62(60-66)63(68)58-56-54-52-50-48-46-44-41-20-18-16-14-12-10-8-6-4-2/h31-32,61-63,66-68H,3-30,33-60H2,1-2H3,(H,65,69)/b32-31-. The number of hydrogen-bond acceptors (Lipinski definition) is 4. The van der Waals surface area contributed by atoms with Crippen molar-refractivity contribution in [2.24, 2.45) is 0 Å². The lowest BCUT2D eigenvalue weighted by atomic mass is 10.0. The van der Waals surface area contributed by atoms with Crippen LogP contribution in [0.5, 0.6) is 0 Å². The molecule has 0 rings (SSSR count). The Bertz CT molecular complexity index is 987. The first-order valence-corrected chi connectivity index (χ1v) is 32.0. The van der Waals surface area contributed by atoms with E-state index in [2.05, 4.69) is 31.3 Å². The molecule has 3 atom stereocenters. The molecule has 5 nitrogen and oxygen atoms in total. The van der Waals surface area contributed by atoms with Crippen LogP contribution < -0.4 is 5.32 Å². The van der Waals surface area contributed by atoms with Gasteiger partial charge in [0.05, 0.1) is 31.3 Å². The predicted octanol–water partition coefficient (Wildman–Crippen LogP) is 20.2. The van der Waals surface area contributed by atoms with Gasteiger partial charge < -0.3 is 20.6 Å². The van der Waals surface area contributed by atoms with Crippen LogP contribution in [0.3, 0.4) is 0 Å². The van der Waals surface area contributed by atoms with E-state index in [0.717, 1.165) is 25.7 Å². The van der Waals surface area contributed by atoms with Gasteiger partial charge in [0, 0.05) is 0 Å². The van der Waals surface area contributed by atoms with Crippen LogP contribution in [0.25, 0.3) is 0 Å². The molecule has 0 heterocycles. The molecule has 4 N–H and O–H groups in total. The van der Waals surface area contributed by atoms with Gasteiger partial charge in [-0.25, -0.2) is 0 Å². The van der Waals surface area contributed by atoms with E-state index in [9.17, 15) is 20.1 Å². The maximum Gasteiger partial charge on any atom is 0.222 e. The zero-order valence-corrected chi connectivity index (χ0v) is 47.2. The van der Waals surface area contributed by atoms with E-state index in [1.54, 1.807) is 0 Å². The lowest BCUT2D eigenvalue weighted by Crippen LogP contribution is -2.46. The van der Waals surface area contributed by atoms with E-state index in [-0.39, 0.29) is 18.9 Å². The van der Waals surface area contributed by atoms with E-state index in [4.69, 9.17) is 0 Å². The van der Waals surface area contributed by atoms with Crippen molar-refractivity contribution < 1.29 is 20.1 Å². The Morgan fingerprint density at radius 1 is 0.348 bits per heavy atom. The second kappa shape index (κ2) is 59.7. The number of aliphatic hydroxyl groups is 3. The molecule has 0 saturated heterocycles. The summed E-state index contributed by atoms with van der Waals surface area (Å²) in [7, 11) is 0. The minimum absolute atomic E-state index is 0.0413. The number of aliphatic hydroxyl groups excluding tert-OH is 3. The molecule has 0 aromatic carbocycles. The van der Waals surface area contributed by atoms with E-state index in [1.807, 2.05) is 0 Å². The van der Waals surface area contributed by atoms with Crippen molar-refractivity contribution in [2.75, 3.05) is 6.61 Å². The van der Waals surface area contributed by atoms with Crippen molar-refractivity contribution in [2.45, 2.75) is 385 Å². The fourth-order valence-electron chi connectivity index (χ4n) is 10.5. The number of nitrogens with one attached hydrogen (secondary N) is 1. The first-order valence-electron chi connectivity index (χ1n) is 32.0. The minimum Gasteiger partial charge on any atom is -0.394 e. The molecule has 0 bridgehead atoms. The van der Waals surface area contributed by atoms with Gasteiger partial charge in [0.1, 0.15) is 0 Å². The monoisotopic (exact) mass is 974 g/mol. The SMILES string of the molecule is CCCCCCCCCCCCCCCCCCCC/C=C\CCCCCCCCCCCCCCCCCC(O)CC(=O)NC(CO)C(O)CCCCCCCCCCCCCCCCCCC. The van der Waals surface area contributed by atoms with Crippen LogP contribution in [0.2, 0.25) is 0 Å². The van der Waals surface area contributed by atoms with E-state index >= 15 is 0 Å². The quantitative estimate of drug-likeness (QED) is 0.0361. The van der Waals surface area contributed by atoms with Crippen LogP contribution in [-0.4, -0.2) is 46.1 Å². The van der Waals surface area contributed by atoms with Crippen LogP contribution in [0, 0.1) is 0 Å². The van der Waals surface area contributed by atoms with Crippen molar-refractivity contribution in [3.8, 4) is 0 Å². The Balaban J connectivity index is 3.43. The molecule has 0 fully saturated rings. The van der Waals surface area contributed by atoms with Crippen molar-refractivity contribution in [1.82, 2.24) is 5.32 Å². The first kappa shape index (κ1) is 68.1. The Morgan fingerprint density at radius 3 is 0.841 bits per heavy atom. The molecule has 0 aromatic rings. The summed E-state index contributed by atoms with van der Waals surface area (Å²) in [5, 5.41) is 33.7. The van der Waals surface area contributed by atoms with Gasteiger partial charge in [-0.05, 0) is 38.5 Å². The maximum atomic E-state index is 12.6. The molecule has 0 radical (unpaired) electrons. The Hall–Kier alpha value is -0.910. The number of rotatable bonds is 60. The number of allylic oxidation sites excluding steroid dienone is 2. The molecular formula is C64H127NO4. The van der Waals surface area contributed by atoms with Crippen LogP contribution >= 0.6 is 0 Å². The maximum absolute atomic E-state index is 12.6. The normalized spacial score (nSPS) is 13.2. The number of amides is 1. The lowest BCUT2D eigenvalue weighted by molar-refractivity contribution is -0.125. The average molecular weight is 975 g/mol. The van der Waals surface area contributed by atoms with E-state index in [0.29, 0.717) is 12.8 Å². The third kappa shape index (κ3) is 56.2. The largest absolute Gasteiger partial charge is 0.394 e. The highest BCUT2D eigenvalue weighted by Gasteiger charge is 2.21. The highest BCUT2D eigenvalue weighted by molar-refractivity contribution is 5.76. The average Bonchev–Trinajstić information content (AvgIpc) is 3.35. The Kier molecular flexibility index (Phi) is 58.9. The number of carbonyl (C=O) groups excluding carboxylic acids is 1. The minimum atomic E-state index is -0.747. The fraction of sp³-hybridized carbons (Fsp3) is 0.953. The van der Waals surface area contributed by atoms with Gasteiger partial charge in [-0.1, -0.05) is 334 Å². The Morgan fingerprint density at radius 2 is 0.580 bits per heavy atom. The number of hydrogen-bond donors (Lipinski definition) is 4. The zero-order valence-electron chi connectivity index (χ0n) is 47.2. The van der Waals surface area contributed by atoms with E-state index in [1.165, 1.54) is 308 Å². The molecule has 412 valence electrons. The van der Waals surface area contributed by atoms with Crippen molar-refractivity contribution in [3.05, 3.63) is 12.2 Å². The topological polar surface area (TPSA) is 89.8 Å². The first-order chi connectivity index (χ1) is 34.0. The molecule has 0 aliphatic heterocycles. The molecular weight excluding hydrogens is 847 g/mol. The van der Waals surface area contributed by atoms with Gasteiger partial charge in [0.25, 0.3) is 0 Å². The summed E-state index contributed by atoms with van der Waals surface area (Å²) in [5.74, 6) is -0.276. The number of unbranched alkanes of at least 4 members (excludes halogenated alkanes) is 49. The summed E-state index contributed by atoms with van der Waals surface area (Å²) in [4.78, 5) is 12.6. The van der Waals surface area contributed by atoms with Crippen LogP contribution in [0.1, 0.15) is 367 Å². The van der Waals surface area contributed by atoms with Gasteiger partial charge in [0.2, 0.25) is 5.91 Å². The highest BCUT2D eigenvalue weighted by atomic mass is 16.3. The number of carbonyl (C=O) groups is 1. The summed E-state index contributed by atoms with van der Waals surface area (Å²) in [6.07, 6.45) is 75.6. The molecule has 0 saturated carbocycles. The van der Waals surface area contributed by atoms with Gasteiger partial charge in [-0.15, -0.1) is 0 Å². The molecule has 3 unspecified atom stereocenters. The molecule has 1 amide bonds. The van der Waals surface area contributed by atoms with Gasteiger partial charge >= 0.3 is 0 Å². The predicted molar refractivity (Wildman–Crippen MR) is 305 cm³/mol. The zero-order chi connectivity index (χ0) is 50.0. The second-order valence-corrected chi connectivity index (χ2v) is 22.4. The summed E-state index contributed by atoms with van der Waals surface area (Å²) in [6, 6.07) is -0.656. The summed E-state index contributed by atoms with van der Waals surface area (Å²) < 4.78 is 0. The summed E-state index contributed by atoms with van der Waals surface area (Å²) >= 11 is 0. The summed E-state index contributed by atoms with van der Waals surface area (Å²) in [6.45, 7) is 4.31. The molecule has 0 aromatic heterocycles. The van der Waals surface area contributed by atoms with Crippen LogP contribution in [-0.2, 0) is 4.79 Å². The van der Waals surface area contributed by atoms with E-state index < -0.39 is 18.2 Å². The highest BCUT2D eigenvalue weighted by Crippen LogP contribution is 2.19. The smallest absolute Gasteiger partial charge is 0.222 e. The second-order valence-electron chi connectivity index (χ2n) is 22.4. The molecule has 0 aliphatic rings. The molecule has 5 heteroatoms. The third-order valence-electron chi connectivity index (χ3n) is 15.3. The Labute approximate surface area is 433 Å². The van der Waals surface area contributed by atoms with Gasteiger partial charge in [0.15, 0.2) is 0 Å². The molecule has 0 spiro atoms. The third-order valence-corrected chi connectivity index (χ3v) is 15.3. The van der Waals surface area contributed by atoms with Crippen molar-refractivity contribution in [1.29, 1.82) is 0 Å². The lowest BCUT2D eigenvalue weighted by Gasteiger charge is -2.23. The molecule has 0 aliphatic carbocycles.